The molecule has 2 aromatic heterocycles. The standard InChI is InChI=1S/C30H37N7O3/c1-29(2,3)37(28(38)39)30(12-13-30)18-36(5)25-16-26(40-6)23(15-21(25)31)34-27-32-14-11-22(33-27)20-17-35(4)24-10-8-7-9-19(20)24/h7-11,14-17H,12-13,18,31H2,1-6H3,(H,38,39)(H,32,33,34). The summed E-state index contributed by atoms with van der Waals surface area (Å²) in [5.74, 6) is 0.995. The maximum absolute atomic E-state index is 12.2. The summed E-state index contributed by atoms with van der Waals surface area (Å²) in [4.78, 5) is 25.0. The Morgan fingerprint density at radius 3 is 2.60 bits per heavy atom. The van der Waals surface area contributed by atoms with Crippen LogP contribution in [0.5, 0.6) is 5.75 Å². The Balaban J connectivity index is 1.41. The third-order valence-corrected chi connectivity index (χ3v) is 7.53. The fourth-order valence-electron chi connectivity index (χ4n) is 5.74. The number of aromatic nitrogens is 3. The fourth-order valence-corrected chi connectivity index (χ4v) is 5.74. The second kappa shape index (κ2) is 9.93. The van der Waals surface area contributed by atoms with Crippen LogP contribution in [-0.4, -0.2) is 62.4 Å². The number of para-hydroxylation sites is 1. The number of nitrogens with zero attached hydrogens (tertiary/aromatic N) is 5. The first kappa shape index (κ1) is 27.1. The van der Waals surface area contributed by atoms with Gasteiger partial charge in [-0.1, -0.05) is 18.2 Å². The Bertz CT molecular complexity index is 1570. The van der Waals surface area contributed by atoms with Crippen molar-refractivity contribution in [2.24, 2.45) is 7.05 Å². The zero-order chi connectivity index (χ0) is 28.8. The Morgan fingerprint density at radius 1 is 1.23 bits per heavy atom. The molecule has 1 fully saturated rings. The summed E-state index contributed by atoms with van der Waals surface area (Å²) < 4.78 is 7.80. The summed E-state index contributed by atoms with van der Waals surface area (Å²) in [6, 6.07) is 13.8. The van der Waals surface area contributed by atoms with Crippen LogP contribution in [0.15, 0.2) is 54.9 Å². The molecule has 4 N–H and O–H groups in total. The van der Waals surface area contributed by atoms with Crippen molar-refractivity contribution in [1.82, 2.24) is 19.4 Å². The predicted molar refractivity (Wildman–Crippen MR) is 159 cm³/mol. The Hall–Kier alpha value is -4.47. The fraction of sp³-hybridized carbons (Fsp3) is 0.367. The minimum Gasteiger partial charge on any atom is -0.494 e. The summed E-state index contributed by atoms with van der Waals surface area (Å²) in [6.07, 6.45) is 4.50. The number of benzene rings is 2. The average Bonchev–Trinajstić information content (AvgIpc) is 3.56. The number of carbonyl (C=O) groups is 1. The number of carboxylic acid groups (broad SMARTS) is 1. The molecule has 1 amide bonds. The van der Waals surface area contributed by atoms with Crippen molar-refractivity contribution < 1.29 is 14.6 Å². The van der Waals surface area contributed by atoms with E-state index in [1.807, 2.05) is 64.0 Å². The lowest BCUT2D eigenvalue weighted by Crippen LogP contribution is -2.56. The van der Waals surface area contributed by atoms with E-state index in [9.17, 15) is 9.90 Å². The highest BCUT2D eigenvalue weighted by molar-refractivity contribution is 5.95. The van der Waals surface area contributed by atoms with Crippen LogP contribution in [-0.2, 0) is 7.05 Å². The zero-order valence-corrected chi connectivity index (χ0v) is 23.9. The van der Waals surface area contributed by atoms with Gasteiger partial charge in [0.05, 0.1) is 35.4 Å². The Labute approximate surface area is 234 Å². The van der Waals surface area contributed by atoms with Crippen LogP contribution in [0.4, 0.5) is 27.8 Å². The molecule has 2 heterocycles. The van der Waals surface area contributed by atoms with Gasteiger partial charge in [0.15, 0.2) is 0 Å². The highest BCUT2D eigenvalue weighted by Crippen LogP contribution is 2.47. The lowest BCUT2D eigenvalue weighted by molar-refractivity contribution is 0.0631. The van der Waals surface area contributed by atoms with E-state index in [0.717, 1.165) is 40.7 Å². The molecule has 0 radical (unpaired) electrons. The number of anilines is 4. The first-order chi connectivity index (χ1) is 18.9. The second-order valence-corrected chi connectivity index (χ2v) is 11.5. The lowest BCUT2D eigenvalue weighted by Gasteiger charge is -2.42. The molecule has 0 spiro atoms. The van der Waals surface area contributed by atoms with E-state index in [0.29, 0.717) is 29.6 Å². The topological polar surface area (TPSA) is 122 Å². The van der Waals surface area contributed by atoms with Crippen molar-refractivity contribution in [2.45, 2.75) is 44.7 Å². The van der Waals surface area contributed by atoms with Crippen molar-refractivity contribution in [1.29, 1.82) is 0 Å². The second-order valence-electron chi connectivity index (χ2n) is 11.5. The van der Waals surface area contributed by atoms with Crippen molar-refractivity contribution in [3.63, 3.8) is 0 Å². The van der Waals surface area contributed by atoms with Crippen molar-refractivity contribution in [2.75, 3.05) is 36.7 Å². The molecule has 10 heteroatoms. The number of nitrogens with two attached hydrogens (primary N) is 1. The Kier molecular flexibility index (Phi) is 6.73. The Morgan fingerprint density at radius 2 is 1.95 bits per heavy atom. The smallest absolute Gasteiger partial charge is 0.408 e. The molecule has 0 bridgehead atoms. The van der Waals surface area contributed by atoms with Crippen LogP contribution < -0.4 is 20.7 Å². The summed E-state index contributed by atoms with van der Waals surface area (Å²) in [5.41, 5.74) is 10.4. The lowest BCUT2D eigenvalue weighted by atomic mass is 10.0. The van der Waals surface area contributed by atoms with Gasteiger partial charge in [-0.15, -0.1) is 0 Å². The highest BCUT2D eigenvalue weighted by Gasteiger charge is 2.54. The molecular weight excluding hydrogens is 506 g/mol. The largest absolute Gasteiger partial charge is 0.494 e. The van der Waals surface area contributed by atoms with E-state index in [1.54, 1.807) is 24.3 Å². The normalized spacial score (nSPS) is 14.2. The SMILES string of the molecule is COc1cc(N(C)CC2(N(C(=O)O)C(C)(C)C)CC2)c(N)cc1Nc1nccc(-c2cn(C)c3ccccc23)n1. The van der Waals surface area contributed by atoms with Crippen LogP contribution in [0.1, 0.15) is 33.6 Å². The van der Waals surface area contributed by atoms with Gasteiger partial charge in [-0.05, 0) is 51.8 Å². The summed E-state index contributed by atoms with van der Waals surface area (Å²) in [7, 11) is 5.55. The number of hydrogen-bond acceptors (Lipinski definition) is 7. The van der Waals surface area contributed by atoms with Crippen molar-refractivity contribution in [3.05, 3.63) is 54.9 Å². The predicted octanol–water partition coefficient (Wildman–Crippen LogP) is 5.72. The summed E-state index contributed by atoms with van der Waals surface area (Å²) in [5, 5.41) is 14.4. The molecule has 210 valence electrons. The van der Waals surface area contributed by atoms with Crippen molar-refractivity contribution in [3.8, 4) is 17.0 Å². The van der Waals surface area contributed by atoms with Gasteiger partial charge in [0, 0.05) is 61.1 Å². The minimum atomic E-state index is -0.908. The number of nitrogen functional groups attached to an aromatic ring is 1. The molecule has 4 aromatic rings. The van der Waals surface area contributed by atoms with E-state index < -0.39 is 17.2 Å². The number of nitrogens with one attached hydrogen (secondary N) is 1. The van der Waals surface area contributed by atoms with Gasteiger partial charge < -0.3 is 30.4 Å². The molecule has 10 nitrogen and oxygen atoms in total. The number of aryl methyl sites for hydroxylation is 1. The maximum Gasteiger partial charge on any atom is 0.408 e. The molecule has 0 atom stereocenters. The van der Waals surface area contributed by atoms with Crippen LogP contribution in [0.2, 0.25) is 0 Å². The first-order valence-electron chi connectivity index (χ1n) is 13.3. The minimum absolute atomic E-state index is 0.420. The van der Waals surface area contributed by atoms with Gasteiger partial charge in [-0.3, -0.25) is 4.90 Å². The van der Waals surface area contributed by atoms with Gasteiger partial charge >= 0.3 is 6.09 Å². The van der Waals surface area contributed by atoms with E-state index in [4.69, 9.17) is 15.5 Å². The molecule has 2 aromatic carbocycles. The van der Waals surface area contributed by atoms with Crippen LogP contribution in [0.25, 0.3) is 22.2 Å². The van der Waals surface area contributed by atoms with Gasteiger partial charge in [-0.25, -0.2) is 14.8 Å². The van der Waals surface area contributed by atoms with Gasteiger partial charge in [0.25, 0.3) is 0 Å². The number of likely N-dealkylation sites (N-methyl/N-ethyl adjacent to an activating group) is 1. The number of ether oxygens (including phenoxy) is 1. The number of fused-ring (bicyclic) bond motifs is 1. The van der Waals surface area contributed by atoms with E-state index in [-0.39, 0.29) is 0 Å². The number of rotatable bonds is 8. The third kappa shape index (κ3) is 4.97. The van der Waals surface area contributed by atoms with Crippen LogP contribution in [0, 0.1) is 0 Å². The highest BCUT2D eigenvalue weighted by atomic mass is 16.5. The van der Waals surface area contributed by atoms with Gasteiger partial charge in [-0.2, -0.15) is 0 Å². The molecule has 0 unspecified atom stereocenters. The molecule has 0 saturated heterocycles. The summed E-state index contributed by atoms with van der Waals surface area (Å²) >= 11 is 0. The zero-order valence-electron chi connectivity index (χ0n) is 23.9. The monoisotopic (exact) mass is 543 g/mol. The van der Waals surface area contributed by atoms with Crippen LogP contribution in [0.3, 0.4) is 0 Å². The molecule has 0 aliphatic heterocycles. The molecule has 1 saturated carbocycles. The molecule has 1 aliphatic carbocycles. The quantitative estimate of drug-likeness (QED) is 0.241. The van der Waals surface area contributed by atoms with E-state index in [1.165, 1.54) is 0 Å². The number of hydrogen-bond donors (Lipinski definition) is 3. The number of amides is 1. The molecule has 1 aliphatic rings. The average molecular weight is 544 g/mol. The van der Waals surface area contributed by atoms with E-state index in [2.05, 4.69) is 33.2 Å². The van der Waals surface area contributed by atoms with Crippen molar-refractivity contribution >= 4 is 40.0 Å². The molecule has 40 heavy (non-hydrogen) atoms. The van der Waals surface area contributed by atoms with Gasteiger partial charge in [0.1, 0.15) is 5.75 Å². The molecule has 5 rings (SSSR count). The third-order valence-electron chi connectivity index (χ3n) is 7.53. The van der Waals surface area contributed by atoms with Crippen LogP contribution >= 0.6 is 0 Å². The first-order valence-corrected chi connectivity index (χ1v) is 13.3. The molecular formula is C30H37N7O3. The summed E-state index contributed by atoms with van der Waals surface area (Å²) in [6.45, 7) is 6.30. The number of methoxy groups -OCH3 is 1. The van der Waals surface area contributed by atoms with E-state index >= 15 is 0 Å². The van der Waals surface area contributed by atoms with Gasteiger partial charge in [0.2, 0.25) is 5.95 Å². The maximum atomic E-state index is 12.2.